The van der Waals surface area contributed by atoms with Crippen LogP contribution in [0.1, 0.15) is 17.3 Å². The molecule has 0 fully saturated rings. The van der Waals surface area contributed by atoms with Crippen molar-refractivity contribution in [3.8, 4) is 0 Å². The topological polar surface area (TPSA) is 117 Å². The van der Waals surface area contributed by atoms with Gasteiger partial charge in [-0.2, -0.15) is 0 Å². The maximum Gasteiger partial charge on any atom is 0.264 e. The number of aromatic nitrogens is 1. The van der Waals surface area contributed by atoms with E-state index in [1.807, 2.05) is 10.0 Å². The molecule has 0 bridgehead atoms. The molecule has 8 nitrogen and oxygen atoms in total. The van der Waals surface area contributed by atoms with Crippen LogP contribution in [-0.2, 0) is 14.8 Å². The van der Waals surface area contributed by atoms with Crippen molar-refractivity contribution in [1.82, 2.24) is 4.98 Å². The summed E-state index contributed by atoms with van der Waals surface area (Å²) in [5, 5.41) is 4.40. The number of amides is 2. The van der Waals surface area contributed by atoms with Gasteiger partial charge in [0.05, 0.1) is 11.3 Å². The van der Waals surface area contributed by atoms with E-state index in [4.69, 9.17) is 0 Å². The van der Waals surface area contributed by atoms with Crippen LogP contribution < -0.4 is 15.4 Å². The lowest BCUT2D eigenvalue weighted by Gasteiger charge is -2.13. The first kappa shape index (κ1) is 22.7. The first-order valence-corrected chi connectivity index (χ1v) is 10.4. The second-order valence-corrected chi connectivity index (χ2v) is 8.04. The fraction of sp³-hybridized carbons (Fsp3) is 0.0500. The Hall–Kier alpha value is -3.93. The molecule has 0 radical (unpaired) electrons. The molecule has 0 aliphatic rings. The van der Waals surface area contributed by atoms with Gasteiger partial charge in [-0.25, -0.2) is 26.6 Å². The van der Waals surface area contributed by atoms with Gasteiger partial charge in [0.25, 0.3) is 15.9 Å². The van der Waals surface area contributed by atoms with Crippen molar-refractivity contribution < 1.29 is 31.2 Å². The largest absolute Gasteiger partial charge is 0.317 e. The molecule has 3 rings (SSSR count). The summed E-state index contributed by atoms with van der Waals surface area (Å²) in [5.41, 5.74) is -1.71. The zero-order valence-corrected chi connectivity index (χ0v) is 17.1. The number of benzene rings is 2. The molecular formula is C20H15F3N4O4S. The van der Waals surface area contributed by atoms with Gasteiger partial charge in [0.2, 0.25) is 5.91 Å². The molecule has 0 saturated heterocycles. The molecule has 0 aliphatic heterocycles. The molecular weight excluding hydrogens is 449 g/mol. The van der Waals surface area contributed by atoms with Crippen molar-refractivity contribution in [1.29, 1.82) is 0 Å². The van der Waals surface area contributed by atoms with Crippen LogP contribution in [0.2, 0.25) is 0 Å². The number of sulfonamides is 1. The predicted molar refractivity (Wildman–Crippen MR) is 110 cm³/mol. The summed E-state index contributed by atoms with van der Waals surface area (Å²) in [6, 6.07) is 8.52. The molecule has 2 amide bonds. The monoisotopic (exact) mass is 464 g/mol. The number of hydrogen-bond acceptors (Lipinski definition) is 5. The molecule has 32 heavy (non-hydrogen) atoms. The smallest absolute Gasteiger partial charge is 0.264 e. The summed E-state index contributed by atoms with van der Waals surface area (Å²) in [6.07, 6.45) is 1.07. The van der Waals surface area contributed by atoms with Gasteiger partial charge in [0.15, 0.2) is 5.82 Å². The van der Waals surface area contributed by atoms with Crippen molar-refractivity contribution >= 4 is 39.0 Å². The Morgan fingerprint density at radius 3 is 2.25 bits per heavy atom. The Balaban J connectivity index is 1.86. The number of carbonyl (C=O) groups excluding carboxylic acids is 2. The van der Waals surface area contributed by atoms with Gasteiger partial charge in [-0.3, -0.25) is 14.3 Å². The third-order valence-electron chi connectivity index (χ3n) is 4.03. The summed E-state index contributed by atoms with van der Waals surface area (Å²) in [5.74, 6) is -4.82. The lowest BCUT2D eigenvalue weighted by Crippen LogP contribution is -2.18. The van der Waals surface area contributed by atoms with Gasteiger partial charge < -0.3 is 10.6 Å². The van der Waals surface area contributed by atoms with E-state index in [-0.39, 0.29) is 17.3 Å². The lowest BCUT2D eigenvalue weighted by atomic mass is 10.2. The van der Waals surface area contributed by atoms with Gasteiger partial charge in [0.1, 0.15) is 28.0 Å². The normalized spacial score (nSPS) is 11.0. The fourth-order valence-electron chi connectivity index (χ4n) is 2.58. The quantitative estimate of drug-likeness (QED) is 0.516. The molecule has 0 aliphatic carbocycles. The second kappa shape index (κ2) is 9.06. The van der Waals surface area contributed by atoms with Gasteiger partial charge in [0, 0.05) is 13.1 Å². The van der Waals surface area contributed by atoms with Crippen LogP contribution in [0.4, 0.5) is 30.4 Å². The number of carbonyl (C=O) groups is 2. The van der Waals surface area contributed by atoms with E-state index in [0.717, 1.165) is 30.5 Å². The summed E-state index contributed by atoms with van der Waals surface area (Å²) in [6.45, 7) is 1.27. The minimum atomic E-state index is -4.54. The highest BCUT2D eigenvalue weighted by atomic mass is 32.2. The molecule has 2 aromatic carbocycles. The molecule has 3 aromatic rings. The van der Waals surface area contributed by atoms with E-state index in [0.29, 0.717) is 0 Å². The van der Waals surface area contributed by atoms with Crippen LogP contribution in [0.15, 0.2) is 59.6 Å². The number of rotatable bonds is 6. The summed E-state index contributed by atoms with van der Waals surface area (Å²) >= 11 is 0. The fourth-order valence-corrected chi connectivity index (χ4v) is 3.72. The number of nitrogens with one attached hydrogen (secondary N) is 3. The van der Waals surface area contributed by atoms with Gasteiger partial charge in [-0.1, -0.05) is 12.1 Å². The molecule has 0 unspecified atom stereocenters. The average Bonchev–Trinajstić information content (AvgIpc) is 2.73. The van der Waals surface area contributed by atoms with E-state index in [1.54, 1.807) is 0 Å². The third-order valence-corrected chi connectivity index (χ3v) is 5.43. The molecule has 166 valence electrons. The van der Waals surface area contributed by atoms with E-state index < -0.39 is 49.7 Å². The predicted octanol–water partition coefficient (Wildman–Crippen LogP) is 3.51. The zero-order valence-electron chi connectivity index (χ0n) is 16.3. The highest BCUT2D eigenvalue weighted by molar-refractivity contribution is 7.92. The van der Waals surface area contributed by atoms with Crippen molar-refractivity contribution in [2.24, 2.45) is 0 Å². The van der Waals surface area contributed by atoms with Crippen LogP contribution >= 0.6 is 0 Å². The molecule has 1 heterocycles. The first-order chi connectivity index (χ1) is 15.1. The minimum absolute atomic E-state index is 0.0877. The van der Waals surface area contributed by atoms with Gasteiger partial charge in [-0.05, 0) is 36.4 Å². The van der Waals surface area contributed by atoms with Crippen LogP contribution in [0.5, 0.6) is 0 Å². The standard InChI is InChI=1S/C20H15F3N4O4S/c1-11(28)25-17-9-6-12(10-24-17)20(29)26-19-14(22)7-8-15(18(19)23)27-32(30,31)16-5-3-2-4-13(16)21/h2-10,27H,1H3,(H,26,29)(H,24,25,28). The van der Waals surface area contributed by atoms with E-state index in [1.165, 1.54) is 31.2 Å². The number of nitrogens with zero attached hydrogens (tertiary/aromatic N) is 1. The van der Waals surface area contributed by atoms with E-state index in [2.05, 4.69) is 10.3 Å². The van der Waals surface area contributed by atoms with Crippen LogP contribution in [0.25, 0.3) is 0 Å². The number of halogens is 3. The van der Waals surface area contributed by atoms with Crippen molar-refractivity contribution in [3.05, 3.63) is 77.7 Å². The Morgan fingerprint density at radius 1 is 0.906 bits per heavy atom. The number of hydrogen-bond donors (Lipinski definition) is 3. The Kier molecular flexibility index (Phi) is 6.44. The first-order valence-electron chi connectivity index (χ1n) is 8.89. The Bertz CT molecular complexity index is 1300. The van der Waals surface area contributed by atoms with Gasteiger partial charge in [-0.15, -0.1) is 0 Å². The summed E-state index contributed by atoms with van der Waals surface area (Å²) in [4.78, 5) is 26.4. The van der Waals surface area contributed by atoms with E-state index in [9.17, 15) is 31.2 Å². The lowest BCUT2D eigenvalue weighted by molar-refractivity contribution is -0.114. The molecule has 1 aromatic heterocycles. The summed E-state index contributed by atoms with van der Waals surface area (Å²) in [7, 11) is -4.54. The van der Waals surface area contributed by atoms with Crippen LogP contribution in [-0.4, -0.2) is 25.2 Å². The molecule has 12 heteroatoms. The Labute approximate surface area is 180 Å². The molecule has 3 N–H and O–H groups in total. The molecule has 0 saturated carbocycles. The second-order valence-electron chi connectivity index (χ2n) is 6.39. The Morgan fingerprint density at radius 2 is 1.62 bits per heavy atom. The van der Waals surface area contributed by atoms with Crippen molar-refractivity contribution in [2.45, 2.75) is 11.8 Å². The third kappa shape index (κ3) is 5.03. The SMILES string of the molecule is CC(=O)Nc1ccc(C(=O)Nc2c(F)ccc(NS(=O)(=O)c3ccccc3F)c2F)cn1. The zero-order chi connectivity index (χ0) is 23.5. The molecule has 0 atom stereocenters. The van der Waals surface area contributed by atoms with E-state index >= 15 is 0 Å². The van der Waals surface area contributed by atoms with Crippen molar-refractivity contribution in [3.63, 3.8) is 0 Å². The number of pyridine rings is 1. The van der Waals surface area contributed by atoms with Crippen molar-refractivity contribution in [2.75, 3.05) is 15.4 Å². The van der Waals surface area contributed by atoms with Crippen LogP contribution in [0, 0.1) is 17.5 Å². The molecule has 0 spiro atoms. The maximum atomic E-state index is 14.8. The maximum absolute atomic E-state index is 14.8. The van der Waals surface area contributed by atoms with Crippen LogP contribution in [0.3, 0.4) is 0 Å². The van der Waals surface area contributed by atoms with Gasteiger partial charge >= 0.3 is 0 Å². The highest BCUT2D eigenvalue weighted by Gasteiger charge is 2.23. The minimum Gasteiger partial charge on any atom is -0.317 e. The average molecular weight is 464 g/mol. The summed E-state index contributed by atoms with van der Waals surface area (Å²) < 4.78 is 69.4. The number of anilines is 3. The highest BCUT2D eigenvalue weighted by Crippen LogP contribution is 2.28.